The van der Waals surface area contributed by atoms with Crippen LogP contribution in [-0.4, -0.2) is 66.7 Å². The maximum atomic E-state index is 14.2. The number of nitrogens with zero attached hydrogens (tertiary/aromatic N) is 2. The number of hydrogen-bond donors (Lipinski definition) is 0. The molecule has 1 aromatic heterocycles. The first-order valence-corrected chi connectivity index (χ1v) is 16.0. The number of fused-ring (bicyclic) bond motifs is 7. The van der Waals surface area contributed by atoms with Crippen molar-refractivity contribution in [2.24, 2.45) is 29.1 Å². The highest BCUT2D eigenvalue weighted by Gasteiger charge is 2.54. The Morgan fingerprint density at radius 1 is 1.05 bits per heavy atom. The molecule has 2 aromatic rings. The average Bonchev–Trinajstić information content (AvgIpc) is 3.48. The molecule has 0 spiro atoms. The summed E-state index contributed by atoms with van der Waals surface area (Å²) in [5.74, 6) is 1.00. The van der Waals surface area contributed by atoms with Gasteiger partial charge in [-0.15, -0.1) is 0 Å². The van der Waals surface area contributed by atoms with E-state index in [-0.39, 0.29) is 37.4 Å². The minimum atomic E-state index is -0.827. The lowest BCUT2D eigenvalue weighted by atomic mass is 9.77. The Bertz CT molecular complexity index is 1460. The highest BCUT2D eigenvalue weighted by molar-refractivity contribution is 5.89. The van der Waals surface area contributed by atoms with Gasteiger partial charge in [0, 0.05) is 23.4 Å². The third-order valence-corrected chi connectivity index (χ3v) is 10.1. The molecule has 9 nitrogen and oxygen atoms in total. The molecule has 0 unspecified atom stereocenters. The number of carbonyl (C=O) groups excluding carboxylic acids is 3. The number of benzene rings is 1. The Labute approximate surface area is 259 Å². The lowest BCUT2D eigenvalue weighted by molar-refractivity contribution is -0.160. The number of ether oxygens (including phenoxy) is 4. The minimum absolute atomic E-state index is 0.0300. The number of esters is 2. The van der Waals surface area contributed by atoms with Crippen molar-refractivity contribution in [2.75, 3.05) is 20.8 Å². The first kappa shape index (κ1) is 30.4. The molecule has 6 rings (SSSR count). The second kappa shape index (κ2) is 12.1. The van der Waals surface area contributed by atoms with Gasteiger partial charge in [-0.25, -0.2) is 9.78 Å². The minimum Gasteiger partial charge on any atom is -0.497 e. The molecule has 0 N–H and O–H groups in total. The van der Waals surface area contributed by atoms with Crippen LogP contribution in [0.15, 0.2) is 30.3 Å². The van der Waals surface area contributed by atoms with E-state index in [1.807, 2.05) is 45.0 Å². The maximum Gasteiger partial charge on any atom is 0.328 e. The predicted molar refractivity (Wildman–Crippen MR) is 165 cm³/mol. The summed E-state index contributed by atoms with van der Waals surface area (Å²) in [5.41, 5.74) is 1.03. The van der Waals surface area contributed by atoms with Gasteiger partial charge in [-0.2, -0.15) is 0 Å². The molecule has 2 saturated carbocycles. The number of aromatic nitrogens is 1. The monoisotopic (exact) mass is 604 g/mol. The normalized spacial score (nSPS) is 31.5. The zero-order valence-corrected chi connectivity index (χ0v) is 26.4. The molecule has 1 aromatic carbocycles. The van der Waals surface area contributed by atoms with E-state index >= 15 is 0 Å². The van der Waals surface area contributed by atoms with Crippen molar-refractivity contribution in [2.45, 2.75) is 84.0 Å². The fourth-order valence-electron chi connectivity index (χ4n) is 7.51. The number of carbonyl (C=O) groups is 3. The summed E-state index contributed by atoms with van der Waals surface area (Å²) in [7, 11) is 2.94. The van der Waals surface area contributed by atoms with Gasteiger partial charge in [0.2, 0.25) is 11.8 Å². The van der Waals surface area contributed by atoms with Crippen LogP contribution in [0.1, 0.15) is 71.3 Å². The molecule has 3 heterocycles. The topological polar surface area (TPSA) is 104 Å². The number of allylic oxidation sites excluding steroid dienone is 1. The molecule has 2 bridgehead atoms. The molecule has 9 heteroatoms. The van der Waals surface area contributed by atoms with Gasteiger partial charge in [-0.1, -0.05) is 32.9 Å². The number of amides is 1. The van der Waals surface area contributed by atoms with Crippen LogP contribution >= 0.6 is 0 Å². The zero-order valence-electron chi connectivity index (χ0n) is 26.4. The first-order chi connectivity index (χ1) is 21.0. The molecule has 0 radical (unpaired) electrons. The summed E-state index contributed by atoms with van der Waals surface area (Å²) in [6.45, 7) is 6.03. The Balaban J connectivity index is 1.37. The molecule has 2 aliphatic carbocycles. The van der Waals surface area contributed by atoms with Gasteiger partial charge < -0.3 is 23.8 Å². The van der Waals surface area contributed by atoms with E-state index in [9.17, 15) is 14.4 Å². The predicted octanol–water partition coefficient (Wildman–Crippen LogP) is 5.58. The zero-order chi connectivity index (χ0) is 31.2. The first-order valence-electron chi connectivity index (χ1n) is 16.0. The average molecular weight is 605 g/mol. The van der Waals surface area contributed by atoms with Crippen molar-refractivity contribution in [1.29, 1.82) is 0 Å². The van der Waals surface area contributed by atoms with Crippen LogP contribution in [0.5, 0.6) is 11.6 Å². The smallest absolute Gasteiger partial charge is 0.328 e. The summed E-state index contributed by atoms with van der Waals surface area (Å²) in [4.78, 5) is 47.0. The molecule has 236 valence electrons. The van der Waals surface area contributed by atoms with Crippen LogP contribution in [0.2, 0.25) is 0 Å². The van der Waals surface area contributed by atoms with E-state index in [0.717, 1.165) is 42.1 Å². The standard InChI is InChI=1S/C35H44N2O7/c1-35(2,3)27-18-31(38)44-30-15-22-14-26(22)25(30)10-8-6-7-9-21-13-20-11-12-23(41-4)16-28(20)36-32(21)43-24-17-29(34(40)42-5)37(19-24)33(27)39/h7,9,11-13,16,22,24-27,29-30H,6,8,10,14-15,17-19H2,1-5H3/b9-7+/t22-,24+,25+,26-,27+,29-,30+/m0/s1. The highest BCUT2D eigenvalue weighted by atomic mass is 16.5. The molecule has 7 atom stereocenters. The Hall–Kier alpha value is -3.62. The van der Waals surface area contributed by atoms with Crippen molar-refractivity contribution in [3.8, 4) is 11.6 Å². The summed E-state index contributed by atoms with van der Waals surface area (Å²) < 4.78 is 23.2. The third-order valence-electron chi connectivity index (χ3n) is 10.1. The molecule has 2 aliphatic heterocycles. The van der Waals surface area contributed by atoms with Gasteiger partial charge in [-0.3, -0.25) is 9.59 Å². The fraction of sp³-hybridized carbons (Fsp3) is 0.600. The van der Waals surface area contributed by atoms with Gasteiger partial charge in [-0.05, 0) is 73.5 Å². The SMILES string of the molecule is COC(=O)[C@@H]1C[C@@H]2CN1C(=O)[C@H](C(C)(C)C)CC(=O)O[C@@H]1C[C@@H]3C[C@@H]3[C@H]1CCC/C=C/c1cc3ccc(OC)cc3nc1O2. The van der Waals surface area contributed by atoms with Crippen molar-refractivity contribution in [3.63, 3.8) is 0 Å². The van der Waals surface area contributed by atoms with Crippen LogP contribution in [0.4, 0.5) is 0 Å². The van der Waals surface area contributed by atoms with Crippen molar-refractivity contribution in [3.05, 3.63) is 35.9 Å². The molecule has 1 saturated heterocycles. The molecule has 3 fully saturated rings. The third kappa shape index (κ3) is 6.15. The van der Waals surface area contributed by atoms with E-state index in [1.165, 1.54) is 18.4 Å². The molecular weight excluding hydrogens is 560 g/mol. The van der Waals surface area contributed by atoms with Gasteiger partial charge in [0.15, 0.2) is 0 Å². The van der Waals surface area contributed by atoms with Crippen LogP contribution in [-0.2, 0) is 23.9 Å². The van der Waals surface area contributed by atoms with Gasteiger partial charge in [0.25, 0.3) is 0 Å². The number of rotatable bonds is 2. The van der Waals surface area contributed by atoms with Crippen molar-refractivity contribution >= 4 is 34.8 Å². The lowest BCUT2D eigenvalue weighted by Crippen LogP contribution is -2.48. The Morgan fingerprint density at radius 2 is 1.86 bits per heavy atom. The van der Waals surface area contributed by atoms with Crippen molar-refractivity contribution < 1.29 is 33.3 Å². The second-order valence-corrected chi connectivity index (χ2v) is 14.0. The molecule has 44 heavy (non-hydrogen) atoms. The van der Waals surface area contributed by atoms with E-state index in [4.69, 9.17) is 23.9 Å². The summed E-state index contributed by atoms with van der Waals surface area (Å²) in [5, 5.41) is 0.957. The van der Waals surface area contributed by atoms with E-state index in [2.05, 4.69) is 12.1 Å². The lowest BCUT2D eigenvalue weighted by Gasteiger charge is -2.34. The second-order valence-electron chi connectivity index (χ2n) is 14.0. The maximum absolute atomic E-state index is 14.2. The number of hydrogen-bond acceptors (Lipinski definition) is 8. The molecular formula is C35H44N2O7. The summed E-state index contributed by atoms with van der Waals surface area (Å²) >= 11 is 0. The largest absolute Gasteiger partial charge is 0.497 e. The number of pyridine rings is 1. The Kier molecular flexibility index (Phi) is 8.33. The van der Waals surface area contributed by atoms with Crippen LogP contribution < -0.4 is 9.47 Å². The van der Waals surface area contributed by atoms with Crippen LogP contribution in [0.25, 0.3) is 17.0 Å². The molecule has 4 aliphatic rings. The number of methoxy groups -OCH3 is 2. The van der Waals surface area contributed by atoms with Crippen LogP contribution in [0.3, 0.4) is 0 Å². The quantitative estimate of drug-likeness (QED) is 0.409. The molecule has 1 amide bonds. The van der Waals surface area contributed by atoms with E-state index in [1.54, 1.807) is 7.11 Å². The van der Waals surface area contributed by atoms with E-state index in [0.29, 0.717) is 29.4 Å². The fourth-order valence-corrected chi connectivity index (χ4v) is 7.51. The Morgan fingerprint density at radius 3 is 2.61 bits per heavy atom. The van der Waals surface area contributed by atoms with E-state index < -0.39 is 29.4 Å². The highest BCUT2D eigenvalue weighted by Crippen LogP contribution is 2.58. The summed E-state index contributed by atoms with van der Waals surface area (Å²) in [6.07, 6.45) is 8.85. The van der Waals surface area contributed by atoms with Gasteiger partial charge in [0.1, 0.15) is 24.0 Å². The van der Waals surface area contributed by atoms with Crippen molar-refractivity contribution in [1.82, 2.24) is 9.88 Å². The summed E-state index contributed by atoms with van der Waals surface area (Å²) in [6, 6.07) is 6.98. The van der Waals surface area contributed by atoms with Gasteiger partial charge in [0.05, 0.1) is 38.6 Å². The van der Waals surface area contributed by atoms with Gasteiger partial charge >= 0.3 is 11.9 Å². The van der Waals surface area contributed by atoms with Crippen LogP contribution in [0, 0.1) is 29.1 Å².